The zero-order valence-electron chi connectivity index (χ0n) is 22.8. The van der Waals surface area contributed by atoms with E-state index in [-0.39, 0.29) is 16.6 Å². The van der Waals surface area contributed by atoms with Crippen molar-refractivity contribution in [2.45, 2.75) is 91.9 Å². The molecule has 0 N–H and O–H groups in total. The van der Waals surface area contributed by atoms with Crippen molar-refractivity contribution in [1.29, 1.82) is 0 Å². The van der Waals surface area contributed by atoms with Crippen LogP contribution in [0.15, 0.2) is 35.5 Å². The van der Waals surface area contributed by atoms with Gasteiger partial charge < -0.3 is 4.90 Å². The summed E-state index contributed by atoms with van der Waals surface area (Å²) in [4.78, 5) is 11.9. The Kier molecular flexibility index (Phi) is 7.68. The highest BCUT2D eigenvalue weighted by Crippen LogP contribution is 2.42. The van der Waals surface area contributed by atoms with E-state index < -0.39 is 0 Å². The quantitative estimate of drug-likeness (QED) is 0.404. The molecule has 1 saturated heterocycles. The minimum Gasteiger partial charge on any atom is -0.345 e. The van der Waals surface area contributed by atoms with Crippen LogP contribution in [-0.4, -0.2) is 30.3 Å². The second-order valence-electron chi connectivity index (χ2n) is 12.6. The zero-order valence-corrected chi connectivity index (χ0v) is 22.8. The summed E-state index contributed by atoms with van der Waals surface area (Å²) in [6.45, 7) is 15.8. The van der Waals surface area contributed by atoms with E-state index in [1.165, 1.54) is 43.4 Å². The lowest BCUT2D eigenvalue weighted by Crippen LogP contribution is -2.49. The molecule has 2 aliphatic rings. The fraction of sp³-hybridized carbons (Fsp3) is 0.613. The van der Waals surface area contributed by atoms with Crippen molar-refractivity contribution in [1.82, 2.24) is 4.98 Å². The summed E-state index contributed by atoms with van der Waals surface area (Å²) in [5, 5.41) is 0. The Balaban J connectivity index is 1.72. The molecule has 1 aliphatic heterocycles. The number of hydrogen-bond donors (Lipinski definition) is 0. The molecule has 0 spiro atoms. The van der Waals surface area contributed by atoms with E-state index in [2.05, 4.69) is 57.5 Å². The predicted molar refractivity (Wildman–Crippen MR) is 147 cm³/mol. The Morgan fingerprint density at radius 1 is 1.06 bits per heavy atom. The van der Waals surface area contributed by atoms with Crippen LogP contribution in [0.3, 0.4) is 0 Å². The van der Waals surface area contributed by atoms with Crippen LogP contribution >= 0.6 is 0 Å². The summed E-state index contributed by atoms with van der Waals surface area (Å²) in [5.41, 5.74) is 4.83. The van der Waals surface area contributed by atoms with Gasteiger partial charge in [-0.2, -0.15) is 0 Å². The first kappa shape index (κ1) is 25.9. The summed E-state index contributed by atoms with van der Waals surface area (Å²) in [6.07, 6.45) is 10.5. The first-order valence-electron chi connectivity index (χ1n) is 13.6. The highest BCUT2D eigenvalue weighted by atomic mass is 19.1. The lowest BCUT2D eigenvalue weighted by Gasteiger charge is -2.39. The maximum Gasteiger partial charge on any atom is 0.134 e. The van der Waals surface area contributed by atoms with Crippen LogP contribution in [0.1, 0.15) is 91.2 Å². The van der Waals surface area contributed by atoms with E-state index in [9.17, 15) is 0 Å². The maximum absolute atomic E-state index is 15.7. The van der Waals surface area contributed by atoms with Gasteiger partial charge in [0.2, 0.25) is 0 Å². The standard InChI is InChI=1S/C31H44FN3/c1-7-33-25-20-35(21-25)29-27(31(5,6)17-22-12-9-8-10-13-22)16-24(19-34-29)26-15-11-14-23(28(26)32)18-30(2,3)4/h11,14-16,19,22H,7-10,12-13,17-18,20-21H2,1-6H3. The fourth-order valence-corrected chi connectivity index (χ4v) is 5.96. The van der Waals surface area contributed by atoms with Gasteiger partial charge >= 0.3 is 0 Å². The molecular weight excluding hydrogens is 433 g/mol. The monoisotopic (exact) mass is 477 g/mol. The number of nitrogens with zero attached hydrogens (tertiary/aromatic N) is 3. The topological polar surface area (TPSA) is 28.5 Å². The number of rotatable bonds is 7. The Morgan fingerprint density at radius 3 is 2.43 bits per heavy atom. The molecule has 3 nitrogen and oxygen atoms in total. The molecule has 1 aliphatic carbocycles. The van der Waals surface area contributed by atoms with E-state index in [0.717, 1.165) is 48.9 Å². The molecule has 4 heteroatoms. The Labute approximate surface area is 212 Å². The molecule has 2 fully saturated rings. The van der Waals surface area contributed by atoms with Crippen molar-refractivity contribution in [2.75, 3.05) is 24.5 Å². The summed E-state index contributed by atoms with van der Waals surface area (Å²) >= 11 is 0. The average Bonchev–Trinajstić information content (AvgIpc) is 2.77. The number of anilines is 1. The van der Waals surface area contributed by atoms with E-state index in [1.807, 2.05) is 24.4 Å². The Bertz CT molecular complexity index is 1050. The molecule has 4 rings (SSSR count). The van der Waals surface area contributed by atoms with Crippen LogP contribution in [0, 0.1) is 17.2 Å². The fourth-order valence-electron chi connectivity index (χ4n) is 5.96. The third kappa shape index (κ3) is 6.13. The third-order valence-electron chi connectivity index (χ3n) is 7.66. The van der Waals surface area contributed by atoms with Gasteiger partial charge in [0.25, 0.3) is 0 Å². The number of benzene rings is 1. The highest BCUT2D eigenvalue weighted by Gasteiger charge is 2.34. The molecule has 190 valence electrons. The van der Waals surface area contributed by atoms with Gasteiger partial charge in [-0.1, -0.05) is 84.9 Å². The van der Waals surface area contributed by atoms with Crippen LogP contribution in [0.25, 0.3) is 11.1 Å². The normalized spacial score (nSPS) is 17.5. The summed E-state index contributed by atoms with van der Waals surface area (Å²) in [5.74, 6) is 1.71. The van der Waals surface area contributed by atoms with E-state index in [0.29, 0.717) is 12.0 Å². The molecular formula is C31H44FN3. The molecule has 1 aromatic carbocycles. The predicted octanol–water partition coefficient (Wildman–Crippen LogP) is 8.01. The van der Waals surface area contributed by atoms with E-state index in [1.54, 1.807) is 0 Å². The van der Waals surface area contributed by atoms with E-state index >= 15 is 4.39 Å². The number of hydrogen-bond acceptors (Lipinski definition) is 3. The van der Waals surface area contributed by atoms with Gasteiger partial charge in [-0.3, -0.25) is 4.99 Å². The lowest BCUT2D eigenvalue weighted by atomic mass is 9.72. The third-order valence-corrected chi connectivity index (χ3v) is 7.66. The minimum atomic E-state index is -0.102. The molecule has 1 saturated carbocycles. The number of aliphatic imine (C=N–C) groups is 1. The van der Waals surface area contributed by atoms with Gasteiger partial charge in [0.1, 0.15) is 11.6 Å². The molecule has 0 atom stereocenters. The molecule has 0 unspecified atom stereocenters. The summed E-state index contributed by atoms with van der Waals surface area (Å²) in [6, 6.07) is 8.06. The van der Waals surface area contributed by atoms with Crippen LogP contribution in [0.4, 0.5) is 10.2 Å². The smallest absolute Gasteiger partial charge is 0.134 e. The van der Waals surface area contributed by atoms with Crippen LogP contribution in [0.5, 0.6) is 0 Å². The van der Waals surface area contributed by atoms with Crippen LogP contribution < -0.4 is 4.90 Å². The first-order valence-corrected chi connectivity index (χ1v) is 13.6. The molecule has 2 aromatic rings. The van der Waals surface area contributed by atoms with Crippen molar-refractivity contribution in [2.24, 2.45) is 16.3 Å². The van der Waals surface area contributed by atoms with Gasteiger partial charge in [0, 0.05) is 29.4 Å². The Hall–Kier alpha value is -2.23. The number of aromatic nitrogens is 1. The molecule has 2 heterocycles. The van der Waals surface area contributed by atoms with Crippen molar-refractivity contribution < 1.29 is 4.39 Å². The SMILES string of the molecule is CCN=C1CN(c2ncc(-c3cccc(CC(C)(C)C)c3F)cc2C(C)(C)CC2CCCCC2)C1. The van der Waals surface area contributed by atoms with Gasteiger partial charge in [-0.05, 0) is 48.1 Å². The molecule has 35 heavy (non-hydrogen) atoms. The van der Waals surface area contributed by atoms with E-state index in [4.69, 9.17) is 4.98 Å². The van der Waals surface area contributed by atoms with Gasteiger partial charge in [-0.25, -0.2) is 9.37 Å². The van der Waals surface area contributed by atoms with Crippen LogP contribution in [0.2, 0.25) is 0 Å². The molecule has 0 radical (unpaired) electrons. The lowest BCUT2D eigenvalue weighted by molar-refractivity contribution is 0.280. The number of halogens is 1. The van der Waals surface area contributed by atoms with Crippen molar-refractivity contribution >= 4 is 11.5 Å². The van der Waals surface area contributed by atoms with Crippen molar-refractivity contribution in [3.63, 3.8) is 0 Å². The first-order chi connectivity index (χ1) is 16.6. The molecule has 0 amide bonds. The van der Waals surface area contributed by atoms with Gasteiger partial charge in [-0.15, -0.1) is 0 Å². The van der Waals surface area contributed by atoms with Gasteiger partial charge in [0.15, 0.2) is 0 Å². The van der Waals surface area contributed by atoms with Crippen molar-refractivity contribution in [3.8, 4) is 11.1 Å². The maximum atomic E-state index is 15.7. The van der Waals surface area contributed by atoms with Crippen LogP contribution in [-0.2, 0) is 11.8 Å². The highest BCUT2D eigenvalue weighted by molar-refractivity contribution is 5.99. The summed E-state index contributed by atoms with van der Waals surface area (Å²) in [7, 11) is 0. The second-order valence-corrected chi connectivity index (χ2v) is 12.6. The van der Waals surface area contributed by atoms with Gasteiger partial charge in [0.05, 0.1) is 18.8 Å². The zero-order chi connectivity index (χ0) is 25.2. The Morgan fingerprint density at radius 2 is 1.77 bits per heavy atom. The molecule has 0 bridgehead atoms. The average molecular weight is 478 g/mol. The number of pyridine rings is 1. The second kappa shape index (κ2) is 10.4. The molecule has 1 aromatic heterocycles. The largest absolute Gasteiger partial charge is 0.345 e. The van der Waals surface area contributed by atoms with Crippen molar-refractivity contribution in [3.05, 3.63) is 47.4 Å². The minimum absolute atomic E-state index is 0.0303. The summed E-state index contributed by atoms with van der Waals surface area (Å²) < 4.78 is 15.7.